The van der Waals surface area contributed by atoms with Gasteiger partial charge in [0.25, 0.3) is 0 Å². The molecule has 1 fully saturated rings. The highest BCUT2D eigenvalue weighted by Crippen LogP contribution is 2.16. The Morgan fingerprint density at radius 1 is 1.55 bits per heavy atom. The molecule has 1 aliphatic rings. The van der Waals surface area contributed by atoms with Gasteiger partial charge in [-0.2, -0.15) is 0 Å². The lowest BCUT2D eigenvalue weighted by molar-refractivity contribution is -0.131. The number of carbonyl (C=O) groups excluding carboxylic acids is 1. The number of nitrogens with zero attached hydrogens (tertiary/aromatic N) is 2. The van der Waals surface area contributed by atoms with Crippen LogP contribution in [0, 0.1) is 0 Å². The zero-order valence-electron chi connectivity index (χ0n) is 11.4. The Hall–Kier alpha value is -1.00. The predicted molar refractivity (Wildman–Crippen MR) is 80.7 cm³/mol. The van der Waals surface area contributed by atoms with Crippen LogP contribution in [0.2, 0.25) is 0 Å². The molecule has 0 aliphatic carbocycles. The Balaban J connectivity index is 2.76. The number of sulfonamides is 1. The number of carbonyl (C=O) groups is 1. The fourth-order valence-electron chi connectivity index (χ4n) is 1.74. The summed E-state index contributed by atoms with van der Waals surface area (Å²) in [7, 11) is -3.49. The van der Waals surface area contributed by atoms with Gasteiger partial charge in [0.1, 0.15) is 6.04 Å². The molecule has 0 bridgehead atoms. The number of hydrogen-bond donors (Lipinski definition) is 3. The summed E-state index contributed by atoms with van der Waals surface area (Å²) >= 11 is 1.67. The lowest BCUT2D eigenvalue weighted by Crippen LogP contribution is -2.41. The molecule has 5 N–H and O–H groups in total. The molecule has 116 valence electrons. The molecule has 0 aromatic carbocycles. The van der Waals surface area contributed by atoms with E-state index in [1.54, 1.807) is 16.7 Å². The standard InChI is InChI=1S/C10H21N5O3S2/c1-20(17,18)14-10(12)13-8(3-2-4-11)9(16)15-5-6-19-7-15/h8H,2-7,11H2,1H3,(H3,12,13,14)/t8-/m0/s1. The summed E-state index contributed by atoms with van der Waals surface area (Å²) in [4.78, 5) is 18.0. The third-order valence-corrected chi connectivity index (χ3v) is 4.16. The molecule has 1 rings (SSSR count). The zero-order valence-corrected chi connectivity index (χ0v) is 13.0. The molecule has 10 heteroatoms. The second kappa shape index (κ2) is 7.70. The fourth-order valence-corrected chi connectivity index (χ4v) is 3.13. The van der Waals surface area contributed by atoms with Gasteiger partial charge in [-0.15, -0.1) is 11.8 Å². The minimum Gasteiger partial charge on any atom is -0.369 e. The lowest BCUT2D eigenvalue weighted by atomic mass is 10.1. The molecule has 0 saturated carbocycles. The molecular weight excluding hydrogens is 302 g/mol. The van der Waals surface area contributed by atoms with Gasteiger partial charge in [0.2, 0.25) is 21.9 Å². The van der Waals surface area contributed by atoms with Gasteiger partial charge in [-0.05, 0) is 19.4 Å². The Bertz CT molecular complexity index is 460. The summed E-state index contributed by atoms with van der Waals surface area (Å²) in [5.74, 6) is 1.12. The number of hydrogen-bond acceptors (Lipinski definition) is 6. The predicted octanol–water partition coefficient (Wildman–Crippen LogP) is -1.51. The van der Waals surface area contributed by atoms with Crippen molar-refractivity contribution in [2.45, 2.75) is 18.9 Å². The maximum absolute atomic E-state index is 12.3. The number of aliphatic imine (C=N–C) groups is 1. The number of nitrogens with two attached hydrogens (primary N) is 2. The van der Waals surface area contributed by atoms with Gasteiger partial charge in [-0.1, -0.05) is 0 Å². The van der Waals surface area contributed by atoms with Crippen molar-refractivity contribution in [2.75, 3.05) is 31.0 Å². The molecule has 0 aromatic heterocycles. The smallest absolute Gasteiger partial charge is 0.248 e. The normalized spacial score (nSPS) is 18.1. The number of guanidine groups is 1. The van der Waals surface area contributed by atoms with Crippen LogP contribution in [0.1, 0.15) is 12.8 Å². The Kier molecular flexibility index (Phi) is 6.56. The summed E-state index contributed by atoms with van der Waals surface area (Å²) in [6, 6.07) is -0.688. The molecule has 0 unspecified atom stereocenters. The number of rotatable bonds is 6. The van der Waals surface area contributed by atoms with E-state index in [0.717, 1.165) is 12.0 Å². The summed E-state index contributed by atoms with van der Waals surface area (Å²) in [6.45, 7) is 1.12. The van der Waals surface area contributed by atoms with Crippen molar-refractivity contribution in [1.29, 1.82) is 0 Å². The van der Waals surface area contributed by atoms with Crippen LogP contribution in [0.3, 0.4) is 0 Å². The molecule has 0 spiro atoms. The van der Waals surface area contributed by atoms with E-state index >= 15 is 0 Å². The first-order valence-corrected chi connectivity index (χ1v) is 9.26. The minimum atomic E-state index is -3.49. The van der Waals surface area contributed by atoms with Gasteiger partial charge >= 0.3 is 0 Å². The van der Waals surface area contributed by atoms with Gasteiger partial charge in [0.15, 0.2) is 0 Å². The highest BCUT2D eigenvalue weighted by Gasteiger charge is 2.26. The summed E-state index contributed by atoms with van der Waals surface area (Å²) in [5.41, 5.74) is 11.0. The van der Waals surface area contributed by atoms with Crippen molar-refractivity contribution in [3.8, 4) is 0 Å². The van der Waals surface area contributed by atoms with E-state index in [-0.39, 0.29) is 11.9 Å². The Morgan fingerprint density at radius 3 is 2.75 bits per heavy atom. The second-order valence-corrected chi connectivity index (χ2v) is 7.30. The summed E-state index contributed by atoms with van der Waals surface area (Å²) in [5, 5.41) is 0. The van der Waals surface area contributed by atoms with Crippen LogP contribution >= 0.6 is 11.8 Å². The molecule has 20 heavy (non-hydrogen) atoms. The van der Waals surface area contributed by atoms with Crippen molar-refractivity contribution in [3.63, 3.8) is 0 Å². The molecule has 1 aliphatic heterocycles. The average molecular weight is 323 g/mol. The topological polar surface area (TPSA) is 131 Å². The molecule has 1 amide bonds. The Morgan fingerprint density at radius 2 is 2.25 bits per heavy atom. The molecule has 1 heterocycles. The molecule has 8 nitrogen and oxygen atoms in total. The monoisotopic (exact) mass is 323 g/mol. The van der Waals surface area contributed by atoms with Crippen LogP contribution in [-0.2, 0) is 14.8 Å². The van der Waals surface area contributed by atoms with Crippen LogP contribution in [0.15, 0.2) is 4.99 Å². The number of nitrogens with one attached hydrogen (secondary N) is 1. The zero-order chi connectivity index (χ0) is 15.2. The molecule has 1 atom stereocenters. The summed E-state index contributed by atoms with van der Waals surface area (Å²) in [6.07, 6.45) is 2.04. The van der Waals surface area contributed by atoms with Crippen molar-refractivity contribution in [1.82, 2.24) is 9.62 Å². The van der Waals surface area contributed by atoms with Crippen molar-refractivity contribution in [3.05, 3.63) is 0 Å². The van der Waals surface area contributed by atoms with E-state index in [1.165, 1.54) is 0 Å². The van der Waals surface area contributed by atoms with Crippen LogP contribution in [-0.4, -0.2) is 62.2 Å². The highest BCUT2D eigenvalue weighted by atomic mass is 32.2. The van der Waals surface area contributed by atoms with Crippen LogP contribution < -0.4 is 16.2 Å². The van der Waals surface area contributed by atoms with Gasteiger partial charge in [-0.25, -0.2) is 13.4 Å². The van der Waals surface area contributed by atoms with E-state index in [0.29, 0.717) is 31.8 Å². The van der Waals surface area contributed by atoms with Gasteiger partial charge in [-0.3, -0.25) is 9.52 Å². The largest absolute Gasteiger partial charge is 0.369 e. The first kappa shape index (κ1) is 17.1. The first-order chi connectivity index (χ1) is 9.33. The first-order valence-electron chi connectivity index (χ1n) is 6.21. The SMILES string of the molecule is CS(=O)(=O)NC(N)=N[C@@H](CCCN)C(=O)N1CCSC1. The van der Waals surface area contributed by atoms with Crippen molar-refractivity contribution < 1.29 is 13.2 Å². The quantitative estimate of drug-likeness (QED) is 0.402. The average Bonchev–Trinajstić information content (AvgIpc) is 2.84. The van der Waals surface area contributed by atoms with E-state index in [1.807, 2.05) is 0 Å². The third-order valence-electron chi connectivity index (χ3n) is 2.62. The second-order valence-electron chi connectivity index (χ2n) is 4.47. The van der Waals surface area contributed by atoms with E-state index < -0.39 is 16.1 Å². The van der Waals surface area contributed by atoms with Gasteiger partial charge in [0.05, 0.1) is 12.1 Å². The highest BCUT2D eigenvalue weighted by molar-refractivity contribution is 7.99. The summed E-state index contributed by atoms with van der Waals surface area (Å²) < 4.78 is 24.2. The van der Waals surface area contributed by atoms with Crippen molar-refractivity contribution in [2.24, 2.45) is 16.5 Å². The Labute approximate surface area is 123 Å². The maximum Gasteiger partial charge on any atom is 0.248 e. The van der Waals surface area contributed by atoms with Crippen LogP contribution in [0.5, 0.6) is 0 Å². The van der Waals surface area contributed by atoms with Crippen LogP contribution in [0.25, 0.3) is 0 Å². The van der Waals surface area contributed by atoms with Gasteiger partial charge in [0, 0.05) is 12.3 Å². The minimum absolute atomic E-state index is 0.137. The molecule has 0 radical (unpaired) electrons. The lowest BCUT2D eigenvalue weighted by Gasteiger charge is -2.20. The van der Waals surface area contributed by atoms with Crippen molar-refractivity contribution >= 4 is 33.7 Å². The molecular formula is C10H21N5O3S2. The molecule has 0 aromatic rings. The van der Waals surface area contributed by atoms with Gasteiger partial charge < -0.3 is 16.4 Å². The molecule has 1 saturated heterocycles. The number of thioether (sulfide) groups is 1. The third kappa shape index (κ3) is 5.97. The number of amides is 1. The fraction of sp³-hybridized carbons (Fsp3) is 0.800. The maximum atomic E-state index is 12.3. The van der Waals surface area contributed by atoms with E-state index in [4.69, 9.17) is 11.5 Å². The van der Waals surface area contributed by atoms with E-state index in [9.17, 15) is 13.2 Å². The van der Waals surface area contributed by atoms with Crippen LogP contribution in [0.4, 0.5) is 0 Å². The van der Waals surface area contributed by atoms with E-state index in [2.05, 4.69) is 9.71 Å².